The second kappa shape index (κ2) is 19.7. The number of nitrogens with zero attached hydrogens (tertiary/aromatic N) is 6. The number of piperazine rings is 1. The summed E-state index contributed by atoms with van der Waals surface area (Å²) in [5.41, 5.74) is 9.25. The first-order valence-electron chi connectivity index (χ1n) is 18.5. The Labute approximate surface area is 343 Å². The molecule has 288 valence electrons. The lowest BCUT2D eigenvalue weighted by Gasteiger charge is -2.34. The van der Waals surface area contributed by atoms with Crippen LogP contribution in [0, 0.1) is 0 Å². The fraction of sp³-hybridized carbons (Fsp3) is 0.174. The third-order valence-electron chi connectivity index (χ3n) is 9.42. The minimum atomic E-state index is -0.0293. The summed E-state index contributed by atoms with van der Waals surface area (Å²) in [6.45, 7) is 11.3. The van der Waals surface area contributed by atoms with Crippen LogP contribution in [0.3, 0.4) is 0 Å². The summed E-state index contributed by atoms with van der Waals surface area (Å²) < 4.78 is 0. The maximum absolute atomic E-state index is 11.7. The zero-order valence-electron chi connectivity index (χ0n) is 31.7. The van der Waals surface area contributed by atoms with Gasteiger partial charge >= 0.3 is 0 Å². The molecule has 11 heteroatoms. The SMILES string of the molecule is C=CC(=O)Cc1cccc(-c2nc(Cl)ncc2Cc2ccccc2)c1.C=CC(=O)Cc1cccc(-c2nc(Nc3ccc(N4CCN(C)CC4)cc3)ncc2Cl)c1. The van der Waals surface area contributed by atoms with Crippen molar-refractivity contribution in [2.45, 2.75) is 19.3 Å². The van der Waals surface area contributed by atoms with Crippen molar-refractivity contribution >= 4 is 52.1 Å². The van der Waals surface area contributed by atoms with E-state index in [2.05, 4.69) is 79.5 Å². The van der Waals surface area contributed by atoms with Gasteiger partial charge in [0.15, 0.2) is 11.6 Å². The molecule has 0 amide bonds. The van der Waals surface area contributed by atoms with E-state index in [1.165, 1.54) is 23.4 Å². The molecule has 1 fully saturated rings. The van der Waals surface area contributed by atoms with Gasteiger partial charge in [-0.25, -0.2) is 19.9 Å². The molecular formula is C46H43Cl2N7O2. The number of aromatic nitrogens is 4. The summed E-state index contributed by atoms with van der Waals surface area (Å²) in [5.74, 6) is 0.421. The van der Waals surface area contributed by atoms with E-state index in [-0.39, 0.29) is 16.9 Å². The van der Waals surface area contributed by atoms with Gasteiger partial charge in [-0.15, -0.1) is 0 Å². The first kappa shape index (κ1) is 40.7. The van der Waals surface area contributed by atoms with Gasteiger partial charge < -0.3 is 15.1 Å². The van der Waals surface area contributed by atoms with Crippen molar-refractivity contribution in [1.82, 2.24) is 24.8 Å². The molecule has 0 saturated carbocycles. The quantitative estimate of drug-likeness (QED) is 0.0905. The molecule has 6 aromatic rings. The molecule has 1 N–H and O–H groups in total. The number of allylic oxidation sites excluding steroid dienone is 2. The van der Waals surface area contributed by atoms with Gasteiger partial charge in [-0.2, -0.15) is 0 Å². The van der Waals surface area contributed by atoms with Crippen molar-refractivity contribution in [2.75, 3.05) is 43.4 Å². The number of ketones is 2. The largest absolute Gasteiger partial charge is 0.369 e. The average molecular weight is 797 g/mol. The molecule has 0 bridgehead atoms. The van der Waals surface area contributed by atoms with Crippen molar-refractivity contribution in [3.63, 3.8) is 0 Å². The number of halogens is 2. The summed E-state index contributed by atoms with van der Waals surface area (Å²) in [4.78, 5) is 45.6. The second-order valence-corrected chi connectivity index (χ2v) is 14.4. The van der Waals surface area contributed by atoms with Gasteiger partial charge in [-0.05, 0) is 83.9 Å². The fourth-order valence-corrected chi connectivity index (χ4v) is 6.70. The van der Waals surface area contributed by atoms with Gasteiger partial charge in [0.2, 0.25) is 11.2 Å². The molecule has 0 atom stereocenters. The first-order valence-corrected chi connectivity index (χ1v) is 19.3. The summed E-state index contributed by atoms with van der Waals surface area (Å²) >= 11 is 12.4. The lowest BCUT2D eigenvalue weighted by molar-refractivity contribution is -0.114. The maximum atomic E-state index is 11.7. The molecule has 0 radical (unpaired) electrons. The number of anilines is 3. The van der Waals surface area contributed by atoms with Crippen LogP contribution in [-0.2, 0) is 28.9 Å². The maximum Gasteiger partial charge on any atom is 0.227 e. The lowest BCUT2D eigenvalue weighted by atomic mass is 9.98. The van der Waals surface area contributed by atoms with Gasteiger partial charge in [-0.1, -0.05) is 91.5 Å². The highest BCUT2D eigenvalue weighted by Crippen LogP contribution is 2.29. The van der Waals surface area contributed by atoms with Crippen molar-refractivity contribution in [3.05, 3.63) is 173 Å². The number of rotatable bonds is 13. The monoisotopic (exact) mass is 795 g/mol. The van der Waals surface area contributed by atoms with E-state index in [4.69, 9.17) is 23.2 Å². The van der Waals surface area contributed by atoms with Crippen LogP contribution in [0.2, 0.25) is 10.3 Å². The summed E-state index contributed by atoms with van der Waals surface area (Å²) in [7, 11) is 2.15. The predicted molar refractivity (Wildman–Crippen MR) is 231 cm³/mol. The minimum absolute atomic E-state index is 0.0117. The topological polar surface area (TPSA) is 104 Å². The third-order valence-corrected chi connectivity index (χ3v) is 9.88. The number of carbonyl (C=O) groups excluding carboxylic acids is 2. The van der Waals surface area contributed by atoms with Crippen LogP contribution < -0.4 is 10.2 Å². The molecule has 2 aromatic heterocycles. The molecule has 9 nitrogen and oxygen atoms in total. The number of likely N-dealkylation sites (N-methyl/N-ethyl adjacent to an activating group) is 1. The van der Waals surface area contributed by atoms with Crippen molar-refractivity contribution in [3.8, 4) is 22.5 Å². The van der Waals surface area contributed by atoms with E-state index in [0.717, 1.165) is 65.4 Å². The molecule has 1 aliphatic heterocycles. The van der Waals surface area contributed by atoms with Crippen molar-refractivity contribution in [2.24, 2.45) is 0 Å². The van der Waals surface area contributed by atoms with Gasteiger partial charge in [-0.3, -0.25) is 9.59 Å². The Morgan fingerprint density at radius 1 is 0.702 bits per heavy atom. The Morgan fingerprint density at radius 2 is 1.30 bits per heavy atom. The normalized spacial score (nSPS) is 12.6. The number of hydrogen-bond acceptors (Lipinski definition) is 9. The highest BCUT2D eigenvalue weighted by molar-refractivity contribution is 6.33. The van der Waals surface area contributed by atoms with E-state index in [1.54, 1.807) is 12.4 Å². The molecule has 57 heavy (non-hydrogen) atoms. The molecule has 3 heterocycles. The van der Waals surface area contributed by atoms with Gasteiger partial charge in [0.25, 0.3) is 0 Å². The molecule has 0 unspecified atom stereocenters. The van der Waals surface area contributed by atoms with Crippen LogP contribution in [0.5, 0.6) is 0 Å². The van der Waals surface area contributed by atoms with Crippen LogP contribution in [0.15, 0.2) is 141 Å². The lowest BCUT2D eigenvalue weighted by Crippen LogP contribution is -2.44. The molecule has 0 spiro atoms. The van der Waals surface area contributed by atoms with Crippen LogP contribution in [-0.4, -0.2) is 69.6 Å². The Bertz CT molecular complexity index is 2340. The molecule has 1 aliphatic rings. The van der Waals surface area contributed by atoms with E-state index >= 15 is 0 Å². The summed E-state index contributed by atoms with van der Waals surface area (Å²) in [6, 6.07) is 33.9. The van der Waals surface area contributed by atoms with Gasteiger partial charge in [0, 0.05) is 79.7 Å². The number of carbonyl (C=O) groups is 2. The Balaban J connectivity index is 0.000000199. The van der Waals surface area contributed by atoms with Crippen molar-refractivity contribution < 1.29 is 9.59 Å². The zero-order valence-corrected chi connectivity index (χ0v) is 33.3. The number of benzene rings is 4. The van der Waals surface area contributed by atoms with Gasteiger partial charge in [0.05, 0.1) is 22.6 Å². The molecule has 1 saturated heterocycles. The van der Waals surface area contributed by atoms with E-state index in [1.807, 2.05) is 78.9 Å². The number of nitrogens with one attached hydrogen (secondary N) is 1. The summed E-state index contributed by atoms with van der Waals surface area (Å²) in [6.07, 6.45) is 7.36. The van der Waals surface area contributed by atoms with Crippen LogP contribution >= 0.6 is 23.2 Å². The Hall–Kier alpha value is -6.00. The second-order valence-electron chi connectivity index (χ2n) is 13.6. The molecule has 7 rings (SSSR count). The van der Waals surface area contributed by atoms with Crippen molar-refractivity contribution in [1.29, 1.82) is 0 Å². The predicted octanol–water partition coefficient (Wildman–Crippen LogP) is 9.28. The fourth-order valence-electron chi connectivity index (χ4n) is 6.36. The Morgan fingerprint density at radius 3 is 1.91 bits per heavy atom. The highest BCUT2D eigenvalue weighted by Gasteiger charge is 2.15. The van der Waals surface area contributed by atoms with Gasteiger partial charge in [0.1, 0.15) is 0 Å². The molecule has 4 aromatic carbocycles. The molecule has 0 aliphatic carbocycles. The van der Waals surface area contributed by atoms with E-state index < -0.39 is 0 Å². The Kier molecular flexibility index (Phi) is 14.1. The smallest absolute Gasteiger partial charge is 0.227 e. The number of hydrogen-bond donors (Lipinski definition) is 1. The van der Waals surface area contributed by atoms with E-state index in [9.17, 15) is 9.59 Å². The zero-order chi connectivity index (χ0) is 40.1. The third kappa shape index (κ3) is 11.5. The standard InChI is InChI=1S/C25H26ClN5O.C21H17ClN2O/c1-3-22(32)16-18-5-4-6-19(15-18)24-23(26)17-27-25(29-24)28-20-7-9-21(10-8-20)31-13-11-30(2)12-14-31;1-2-19(25)13-16-9-6-10-17(12-16)20-18(14-23-21(22)24-20)11-15-7-4-3-5-8-15/h3-10,15,17H,1,11-14,16H2,2H3,(H,27,28,29);2-10,12,14H,1,11,13H2. The first-order chi connectivity index (χ1) is 27.7. The molecular weight excluding hydrogens is 753 g/mol. The van der Waals surface area contributed by atoms with E-state index in [0.29, 0.717) is 35.9 Å². The van der Waals surface area contributed by atoms with Crippen LogP contribution in [0.25, 0.3) is 22.5 Å². The van der Waals surface area contributed by atoms with Crippen LogP contribution in [0.4, 0.5) is 17.3 Å². The minimum Gasteiger partial charge on any atom is -0.369 e. The van der Waals surface area contributed by atoms with Crippen LogP contribution in [0.1, 0.15) is 22.3 Å². The highest BCUT2D eigenvalue weighted by atomic mass is 35.5. The summed E-state index contributed by atoms with van der Waals surface area (Å²) in [5, 5.41) is 3.92. The average Bonchev–Trinajstić information content (AvgIpc) is 3.23.